The molecule has 16 nitrogen and oxygen atoms in total. The van der Waals surface area contributed by atoms with Crippen LogP contribution >= 0.6 is 11.3 Å². The molecule has 4 amide bonds. The van der Waals surface area contributed by atoms with E-state index in [4.69, 9.17) is 24.2 Å². The van der Waals surface area contributed by atoms with Crippen molar-refractivity contribution in [2.24, 2.45) is 5.92 Å². The molecule has 0 bridgehead atoms. The number of sulfonamides is 1. The number of nitrogens with one attached hydrogen (secondary N) is 3. The van der Waals surface area contributed by atoms with Crippen molar-refractivity contribution in [3.05, 3.63) is 71.3 Å². The van der Waals surface area contributed by atoms with Gasteiger partial charge in [-0.1, -0.05) is 43.2 Å². The molecule has 0 spiro atoms. The van der Waals surface area contributed by atoms with Crippen molar-refractivity contribution in [2.45, 2.75) is 146 Å². The van der Waals surface area contributed by atoms with Crippen LogP contribution in [-0.2, 0) is 35.6 Å². The van der Waals surface area contributed by atoms with Gasteiger partial charge in [0.15, 0.2) is 0 Å². The second kappa shape index (κ2) is 18.3. The van der Waals surface area contributed by atoms with Crippen LogP contribution in [0, 0.1) is 5.92 Å². The first kappa shape index (κ1) is 47.0. The number of aromatic nitrogens is 3. The fraction of sp³-hybridized carbons (Fsp3) is 0.542. The molecule has 2 aromatic heterocycles. The smallest absolute Gasteiger partial charge is 0.408 e. The molecular formula is C48H61N7O9S2. The van der Waals surface area contributed by atoms with Crippen LogP contribution in [0.15, 0.2) is 60.0 Å². The summed E-state index contributed by atoms with van der Waals surface area (Å²) in [7, 11) is -2.38. The standard InChI is InChI=1S/C48H61N7O9S2/c1-29(2)55-37-17-13-15-35(41-49-32(28-65-41)24-30-18-20-33(62-7)21-19-30)39(37)51-44(55)63-34-25-38-40(56)52-48(43(58)53-66(60,61)47(6)22-23-47)26-31(48)14-11-9-8-10-12-16-36(42(57)54(38)27-34)50-45(59)64-46(3,4)5/h11,13-15,17-21,28-29,31,34,36,38H,8-10,12,16,22-27H2,1-7H3,(H,50,59)(H,52,56)(H,53,58)/b14-11-/t31-,34-,36+,38+,48-/m1/s1. The molecule has 4 aromatic rings. The molecule has 1 saturated heterocycles. The number of ether oxygens (including phenoxy) is 3. The third kappa shape index (κ3) is 9.94. The van der Waals surface area contributed by atoms with Crippen LogP contribution in [0.4, 0.5) is 4.79 Å². The van der Waals surface area contributed by atoms with Gasteiger partial charge in [-0.25, -0.2) is 18.2 Å². The molecule has 0 unspecified atom stereocenters. The van der Waals surface area contributed by atoms with Crippen molar-refractivity contribution in [2.75, 3.05) is 13.7 Å². The number of hydrogen-bond donors (Lipinski definition) is 3. The van der Waals surface area contributed by atoms with Gasteiger partial charge in [0, 0.05) is 35.7 Å². The van der Waals surface area contributed by atoms with Gasteiger partial charge in [-0.15, -0.1) is 11.3 Å². The lowest BCUT2D eigenvalue weighted by atomic mass is 10.0. The van der Waals surface area contributed by atoms with Gasteiger partial charge in [0.1, 0.15) is 45.6 Å². The number of allylic oxidation sites excluding steroid dienone is 1. The fourth-order valence-electron chi connectivity index (χ4n) is 8.86. The molecule has 4 heterocycles. The number of imidazole rings is 1. The van der Waals surface area contributed by atoms with Crippen LogP contribution in [0.25, 0.3) is 21.6 Å². The highest BCUT2D eigenvalue weighted by molar-refractivity contribution is 7.91. The first-order chi connectivity index (χ1) is 31.3. The minimum Gasteiger partial charge on any atom is -0.497 e. The highest BCUT2D eigenvalue weighted by Crippen LogP contribution is 2.48. The molecule has 2 saturated carbocycles. The Morgan fingerprint density at radius 3 is 2.50 bits per heavy atom. The van der Waals surface area contributed by atoms with Gasteiger partial charge in [0.05, 0.1) is 29.6 Å². The van der Waals surface area contributed by atoms with Crippen molar-refractivity contribution in [1.82, 2.24) is 34.8 Å². The van der Waals surface area contributed by atoms with Crippen molar-refractivity contribution in [3.63, 3.8) is 0 Å². The zero-order chi connectivity index (χ0) is 47.2. The predicted molar refractivity (Wildman–Crippen MR) is 251 cm³/mol. The molecule has 354 valence electrons. The summed E-state index contributed by atoms with van der Waals surface area (Å²) in [5.41, 5.74) is 2.00. The molecule has 3 N–H and O–H groups in total. The van der Waals surface area contributed by atoms with Gasteiger partial charge in [0.25, 0.3) is 11.9 Å². The van der Waals surface area contributed by atoms with E-state index in [1.54, 1.807) is 34.8 Å². The number of nitrogens with zero attached hydrogens (tertiary/aromatic N) is 4. The van der Waals surface area contributed by atoms with Gasteiger partial charge in [0.2, 0.25) is 21.8 Å². The van der Waals surface area contributed by atoms with Gasteiger partial charge in [-0.05, 0) is 110 Å². The van der Waals surface area contributed by atoms with Crippen LogP contribution in [0.2, 0.25) is 0 Å². The SMILES string of the molecule is COc1ccc(Cc2csc(-c3cccc4c3nc(O[C@@H]3C[C@H]5C(=O)N[C@]6(C(=O)NS(=O)(=O)C7(C)CC7)C[C@H]6/C=C\CCCCC[C@H](NC(=O)OC(C)(C)C)C(=O)N5C3)n4C(C)C)n2)cc1. The van der Waals surface area contributed by atoms with Crippen LogP contribution in [0.5, 0.6) is 11.8 Å². The van der Waals surface area contributed by atoms with E-state index < -0.39 is 73.8 Å². The second-order valence-corrected chi connectivity index (χ2v) is 22.7. The Balaban J connectivity index is 1.10. The number of fused-ring (bicyclic) bond motifs is 3. The number of alkyl carbamates (subject to hydrolysis) is 1. The highest BCUT2D eigenvalue weighted by Gasteiger charge is 2.63. The van der Waals surface area contributed by atoms with E-state index >= 15 is 0 Å². The summed E-state index contributed by atoms with van der Waals surface area (Å²) in [6.07, 6.45) is 7.19. The first-order valence-corrected chi connectivity index (χ1v) is 25.3. The van der Waals surface area contributed by atoms with E-state index in [-0.39, 0.29) is 25.4 Å². The molecular weight excluding hydrogens is 883 g/mol. The summed E-state index contributed by atoms with van der Waals surface area (Å²) in [5.74, 6) is -1.59. The maximum atomic E-state index is 14.8. The quantitative estimate of drug-likeness (QED) is 0.131. The van der Waals surface area contributed by atoms with Crippen molar-refractivity contribution < 1.29 is 41.8 Å². The third-order valence-electron chi connectivity index (χ3n) is 13.0. The molecule has 5 atom stereocenters. The molecule has 2 aliphatic heterocycles. The highest BCUT2D eigenvalue weighted by atomic mass is 32.2. The number of amides is 4. The zero-order valence-electron chi connectivity index (χ0n) is 38.7. The number of thiazole rings is 1. The minimum atomic E-state index is -4.02. The number of benzene rings is 2. The Kier molecular flexibility index (Phi) is 13.0. The second-order valence-electron chi connectivity index (χ2n) is 19.6. The lowest BCUT2D eigenvalue weighted by Crippen LogP contribution is -2.58. The van der Waals surface area contributed by atoms with Gasteiger partial charge >= 0.3 is 6.09 Å². The molecule has 18 heteroatoms. The molecule has 3 fully saturated rings. The molecule has 2 aromatic carbocycles. The van der Waals surface area contributed by atoms with Crippen LogP contribution in [-0.4, -0.2) is 99.4 Å². The summed E-state index contributed by atoms with van der Waals surface area (Å²) in [4.78, 5) is 68.2. The van der Waals surface area contributed by atoms with E-state index in [0.29, 0.717) is 50.1 Å². The number of carbonyl (C=O) groups is 4. The van der Waals surface area contributed by atoms with Gasteiger partial charge < -0.3 is 29.7 Å². The number of hydrogen-bond acceptors (Lipinski definition) is 12. The van der Waals surface area contributed by atoms with Crippen molar-refractivity contribution in [3.8, 4) is 22.3 Å². The maximum absolute atomic E-state index is 14.8. The lowest BCUT2D eigenvalue weighted by molar-refractivity contribution is -0.141. The zero-order valence-corrected chi connectivity index (χ0v) is 40.4. The number of rotatable bonds is 11. The summed E-state index contributed by atoms with van der Waals surface area (Å²) < 4.78 is 47.5. The summed E-state index contributed by atoms with van der Waals surface area (Å²) >= 11 is 1.53. The topological polar surface area (TPSA) is 200 Å². The number of carbonyl (C=O) groups excluding carboxylic acids is 4. The molecule has 66 heavy (non-hydrogen) atoms. The van der Waals surface area contributed by atoms with E-state index in [9.17, 15) is 27.6 Å². The minimum absolute atomic E-state index is 0.0284. The Bertz CT molecular complexity index is 2630. The van der Waals surface area contributed by atoms with E-state index in [1.165, 1.54) is 16.2 Å². The first-order valence-electron chi connectivity index (χ1n) is 22.9. The van der Waals surface area contributed by atoms with Crippen molar-refractivity contribution >= 4 is 56.2 Å². The third-order valence-corrected chi connectivity index (χ3v) is 16.1. The Morgan fingerprint density at radius 1 is 1.05 bits per heavy atom. The van der Waals surface area contributed by atoms with E-state index in [1.807, 2.05) is 78.4 Å². The average Bonchev–Trinajstić information content (AvgIpc) is 3.95. The summed E-state index contributed by atoms with van der Waals surface area (Å²) in [6.45, 7) is 10.8. The Morgan fingerprint density at radius 2 is 1.80 bits per heavy atom. The fourth-order valence-corrected chi connectivity index (χ4v) is 11.0. The van der Waals surface area contributed by atoms with Gasteiger partial charge in [-0.2, -0.15) is 4.98 Å². The number of para-hydroxylation sites is 1. The lowest BCUT2D eigenvalue weighted by Gasteiger charge is -2.30. The van der Waals surface area contributed by atoms with Crippen LogP contribution < -0.4 is 24.8 Å². The van der Waals surface area contributed by atoms with Crippen molar-refractivity contribution in [1.29, 1.82) is 0 Å². The van der Waals surface area contributed by atoms with E-state index in [0.717, 1.165) is 45.9 Å². The maximum Gasteiger partial charge on any atom is 0.408 e. The number of methoxy groups -OCH3 is 1. The Hall–Kier alpha value is -5.49. The predicted octanol–water partition coefficient (Wildman–Crippen LogP) is 6.98. The monoisotopic (exact) mass is 943 g/mol. The summed E-state index contributed by atoms with van der Waals surface area (Å²) in [6, 6.07) is 11.8. The van der Waals surface area contributed by atoms with Gasteiger partial charge in [-0.3, -0.25) is 23.7 Å². The largest absolute Gasteiger partial charge is 0.497 e. The molecule has 8 rings (SSSR count). The molecule has 0 radical (unpaired) electrons. The average molecular weight is 944 g/mol. The Labute approximate surface area is 390 Å². The van der Waals surface area contributed by atoms with E-state index in [2.05, 4.69) is 15.4 Å². The van der Waals surface area contributed by atoms with Crippen LogP contribution in [0.1, 0.15) is 117 Å². The molecule has 2 aliphatic carbocycles. The van der Waals surface area contributed by atoms with Crippen LogP contribution in [0.3, 0.4) is 0 Å². The normalized spacial score (nSPS) is 24.9. The summed E-state index contributed by atoms with van der Waals surface area (Å²) in [5, 5.41) is 8.56. The molecule has 4 aliphatic rings.